The number of rotatable bonds is 7. The van der Waals surface area contributed by atoms with Gasteiger partial charge in [-0.15, -0.1) is 0 Å². The van der Waals surface area contributed by atoms with Crippen LogP contribution in [0.25, 0.3) is 0 Å². The van der Waals surface area contributed by atoms with Crippen LogP contribution in [0.15, 0.2) is 0 Å². The van der Waals surface area contributed by atoms with Gasteiger partial charge in [0.2, 0.25) is 0 Å². The topological polar surface area (TPSA) is 49.5 Å². The molecule has 1 atom stereocenters. The highest BCUT2D eigenvalue weighted by Gasteiger charge is 2.12. The van der Waals surface area contributed by atoms with Gasteiger partial charge in [0.05, 0.1) is 6.61 Å². The minimum Gasteiger partial charge on any atom is -0.395 e. The summed E-state index contributed by atoms with van der Waals surface area (Å²) in [7, 11) is 0. The van der Waals surface area contributed by atoms with Crippen LogP contribution in [0.5, 0.6) is 0 Å². The first-order valence-electron chi connectivity index (χ1n) is 4.85. The molecule has 74 valence electrons. The van der Waals surface area contributed by atoms with Gasteiger partial charge in [0.15, 0.2) is 0 Å². The first-order valence-corrected chi connectivity index (χ1v) is 4.85. The smallest absolute Gasteiger partial charge is 0.0558 e. The number of likely N-dealkylation sites (N-methyl/N-ethyl adjacent to an activating group) is 1. The lowest BCUT2D eigenvalue weighted by atomic mass is 10.1. The molecule has 0 amide bonds. The summed E-state index contributed by atoms with van der Waals surface area (Å²) >= 11 is 0. The van der Waals surface area contributed by atoms with Gasteiger partial charge in [-0.05, 0) is 25.9 Å². The van der Waals surface area contributed by atoms with Gasteiger partial charge in [0.25, 0.3) is 0 Å². The molecule has 0 aliphatic heterocycles. The zero-order valence-corrected chi connectivity index (χ0v) is 8.29. The molecule has 0 spiro atoms. The Balaban J connectivity index is 3.84. The van der Waals surface area contributed by atoms with Crippen LogP contribution in [0.3, 0.4) is 0 Å². The summed E-state index contributed by atoms with van der Waals surface area (Å²) < 4.78 is 0. The molecule has 12 heavy (non-hydrogen) atoms. The van der Waals surface area contributed by atoms with E-state index < -0.39 is 0 Å². The number of aliphatic hydroxyl groups is 1. The quantitative estimate of drug-likeness (QED) is 0.588. The molecule has 3 nitrogen and oxygen atoms in total. The first-order chi connectivity index (χ1) is 5.79. The third kappa shape index (κ3) is 4.04. The molecule has 0 aromatic carbocycles. The normalized spacial score (nSPS) is 13.8. The SMILES string of the molecule is CCC(CCN)N(CC)CCO. The summed E-state index contributed by atoms with van der Waals surface area (Å²) in [5, 5.41) is 8.81. The lowest BCUT2D eigenvalue weighted by Gasteiger charge is -2.28. The van der Waals surface area contributed by atoms with Crippen molar-refractivity contribution < 1.29 is 5.11 Å². The van der Waals surface area contributed by atoms with Gasteiger partial charge in [-0.2, -0.15) is 0 Å². The number of aliphatic hydroxyl groups excluding tert-OH is 1. The van der Waals surface area contributed by atoms with E-state index in [1.165, 1.54) is 0 Å². The zero-order chi connectivity index (χ0) is 9.40. The second-order valence-electron chi connectivity index (χ2n) is 2.99. The maximum Gasteiger partial charge on any atom is 0.0558 e. The molecule has 0 aliphatic rings. The molecule has 0 saturated heterocycles. The molecule has 0 saturated carbocycles. The van der Waals surface area contributed by atoms with Gasteiger partial charge in [-0.3, -0.25) is 4.90 Å². The van der Waals surface area contributed by atoms with Gasteiger partial charge < -0.3 is 10.8 Å². The van der Waals surface area contributed by atoms with Crippen molar-refractivity contribution >= 4 is 0 Å². The number of hydrogen-bond acceptors (Lipinski definition) is 3. The van der Waals surface area contributed by atoms with Gasteiger partial charge in [0.1, 0.15) is 0 Å². The summed E-state index contributed by atoms with van der Waals surface area (Å²) in [5.74, 6) is 0. The van der Waals surface area contributed by atoms with Crippen molar-refractivity contribution in [1.82, 2.24) is 4.90 Å². The number of nitrogens with two attached hydrogens (primary N) is 1. The number of hydrogen-bond donors (Lipinski definition) is 2. The van der Waals surface area contributed by atoms with Crippen LogP contribution in [0.2, 0.25) is 0 Å². The van der Waals surface area contributed by atoms with Crippen LogP contribution in [-0.4, -0.2) is 42.3 Å². The molecular formula is C9H22N2O. The Bertz CT molecular complexity index is 86.5. The molecule has 0 aliphatic carbocycles. The molecule has 0 aromatic heterocycles. The average Bonchev–Trinajstić information content (AvgIpc) is 2.11. The molecule has 1 unspecified atom stereocenters. The lowest BCUT2D eigenvalue weighted by molar-refractivity contribution is 0.148. The highest BCUT2D eigenvalue weighted by atomic mass is 16.3. The van der Waals surface area contributed by atoms with Crippen LogP contribution in [0.4, 0.5) is 0 Å². The molecule has 0 rings (SSSR count). The Morgan fingerprint density at radius 3 is 2.42 bits per heavy atom. The Hall–Kier alpha value is -0.120. The Labute approximate surface area is 75.6 Å². The van der Waals surface area contributed by atoms with E-state index in [1.54, 1.807) is 0 Å². The van der Waals surface area contributed by atoms with Crippen LogP contribution >= 0.6 is 0 Å². The zero-order valence-electron chi connectivity index (χ0n) is 8.29. The van der Waals surface area contributed by atoms with E-state index in [1.807, 2.05) is 0 Å². The minimum atomic E-state index is 0.245. The highest BCUT2D eigenvalue weighted by molar-refractivity contribution is 4.69. The predicted octanol–water partition coefficient (Wildman–Crippen LogP) is 0.428. The molecule has 3 N–H and O–H groups in total. The van der Waals surface area contributed by atoms with Crippen molar-refractivity contribution in [2.45, 2.75) is 32.7 Å². The van der Waals surface area contributed by atoms with Crippen molar-refractivity contribution in [3.05, 3.63) is 0 Å². The van der Waals surface area contributed by atoms with E-state index in [2.05, 4.69) is 18.7 Å². The van der Waals surface area contributed by atoms with E-state index in [0.717, 1.165) is 32.5 Å². The summed E-state index contributed by atoms with van der Waals surface area (Å²) in [6, 6.07) is 0.548. The molecule has 0 radical (unpaired) electrons. The third-order valence-electron chi connectivity index (χ3n) is 2.28. The van der Waals surface area contributed by atoms with Gasteiger partial charge >= 0.3 is 0 Å². The van der Waals surface area contributed by atoms with Crippen molar-refractivity contribution in [1.29, 1.82) is 0 Å². The monoisotopic (exact) mass is 174 g/mol. The predicted molar refractivity (Wildman–Crippen MR) is 52.1 cm³/mol. The largest absolute Gasteiger partial charge is 0.395 e. The first kappa shape index (κ1) is 11.9. The Kier molecular flexibility index (Phi) is 7.45. The maximum atomic E-state index is 8.81. The van der Waals surface area contributed by atoms with Crippen molar-refractivity contribution in [3.8, 4) is 0 Å². The highest BCUT2D eigenvalue weighted by Crippen LogP contribution is 2.06. The molecular weight excluding hydrogens is 152 g/mol. The molecule has 0 bridgehead atoms. The summed E-state index contributed by atoms with van der Waals surface area (Å²) in [5.41, 5.74) is 5.50. The van der Waals surface area contributed by atoms with Gasteiger partial charge in [-0.1, -0.05) is 13.8 Å². The van der Waals surface area contributed by atoms with E-state index in [9.17, 15) is 0 Å². The fourth-order valence-electron chi connectivity index (χ4n) is 1.56. The summed E-state index contributed by atoms with van der Waals surface area (Å²) in [4.78, 5) is 2.28. The number of nitrogens with zero attached hydrogens (tertiary/aromatic N) is 1. The van der Waals surface area contributed by atoms with Crippen LogP contribution in [-0.2, 0) is 0 Å². The second kappa shape index (κ2) is 7.53. The van der Waals surface area contributed by atoms with Crippen molar-refractivity contribution in [3.63, 3.8) is 0 Å². The molecule has 0 heterocycles. The van der Waals surface area contributed by atoms with Crippen molar-refractivity contribution in [2.24, 2.45) is 5.73 Å². The standard InChI is InChI=1S/C9H22N2O/c1-3-9(5-6-10)11(4-2)7-8-12/h9,12H,3-8,10H2,1-2H3. The fourth-order valence-corrected chi connectivity index (χ4v) is 1.56. The third-order valence-corrected chi connectivity index (χ3v) is 2.28. The minimum absolute atomic E-state index is 0.245. The van der Waals surface area contributed by atoms with E-state index in [0.29, 0.717) is 6.04 Å². The van der Waals surface area contributed by atoms with Crippen LogP contribution < -0.4 is 5.73 Å². The molecule has 0 fully saturated rings. The summed E-state index contributed by atoms with van der Waals surface area (Å²) in [6.45, 7) is 7.04. The maximum absolute atomic E-state index is 8.81. The Morgan fingerprint density at radius 2 is 2.08 bits per heavy atom. The van der Waals surface area contributed by atoms with Crippen LogP contribution in [0.1, 0.15) is 26.7 Å². The van der Waals surface area contributed by atoms with Gasteiger partial charge in [0, 0.05) is 12.6 Å². The van der Waals surface area contributed by atoms with Gasteiger partial charge in [-0.25, -0.2) is 0 Å². The Morgan fingerprint density at radius 1 is 1.42 bits per heavy atom. The van der Waals surface area contributed by atoms with E-state index >= 15 is 0 Å². The summed E-state index contributed by atoms with van der Waals surface area (Å²) in [6.07, 6.45) is 2.15. The second-order valence-corrected chi connectivity index (χ2v) is 2.99. The lowest BCUT2D eigenvalue weighted by Crippen LogP contribution is -2.38. The van der Waals surface area contributed by atoms with Crippen molar-refractivity contribution in [2.75, 3.05) is 26.2 Å². The average molecular weight is 174 g/mol. The van der Waals surface area contributed by atoms with Crippen LogP contribution in [0, 0.1) is 0 Å². The molecule has 3 heteroatoms. The molecule has 0 aromatic rings. The van der Waals surface area contributed by atoms with E-state index in [4.69, 9.17) is 10.8 Å². The fraction of sp³-hybridized carbons (Fsp3) is 1.00. The van der Waals surface area contributed by atoms with E-state index in [-0.39, 0.29) is 6.61 Å².